The Morgan fingerprint density at radius 3 is 3.12 bits per heavy atom. The molecular weight excluding hydrogens is 204 g/mol. The molecule has 2 aliphatic heterocycles. The van der Waals surface area contributed by atoms with Gasteiger partial charge in [0.05, 0.1) is 12.6 Å². The van der Waals surface area contributed by atoms with Gasteiger partial charge in [-0.3, -0.25) is 0 Å². The Bertz CT molecular complexity index is 370. The lowest BCUT2D eigenvalue weighted by Gasteiger charge is -2.20. The van der Waals surface area contributed by atoms with E-state index in [1.165, 1.54) is 6.42 Å². The zero-order valence-corrected chi connectivity index (χ0v) is 9.39. The molecular formula is C11H18N4O. The van der Waals surface area contributed by atoms with Crippen molar-refractivity contribution < 1.29 is 5.11 Å². The van der Waals surface area contributed by atoms with Gasteiger partial charge in [-0.2, -0.15) is 0 Å². The van der Waals surface area contributed by atoms with Crippen molar-refractivity contribution >= 4 is 0 Å². The second-order valence-corrected chi connectivity index (χ2v) is 4.90. The van der Waals surface area contributed by atoms with Gasteiger partial charge in [-0.15, -0.1) is 10.2 Å². The maximum absolute atomic E-state index is 9.67. The van der Waals surface area contributed by atoms with Gasteiger partial charge in [-0.25, -0.2) is 0 Å². The maximum Gasteiger partial charge on any atom is 0.133 e. The molecule has 88 valence electrons. The molecule has 0 spiro atoms. The quantitative estimate of drug-likeness (QED) is 0.723. The summed E-state index contributed by atoms with van der Waals surface area (Å²) >= 11 is 0. The molecule has 5 heteroatoms. The van der Waals surface area contributed by atoms with Crippen LogP contribution in [0.25, 0.3) is 0 Å². The first kappa shape index (κ1) is 10.2. The minimum absolute atomic E-state index is 0.219. The Hall–Kier alpha value is -0.940. The van der Waals surface area contributed by atoms with Gasteiger partial charge in [-0.1, -0.05) is 0 Å². The van der Waals surface area contributed by atoms with Gasteiger partial charge in [0.1, 0.15) is 11.6 Å². The van der Waals surface area contributed by atoms with Crippen LogP contribution in [0.4, 0.5) is 0 Å². The summed E-state index contributed by atoms with van der Waals surface area (Å²) < 4.78 is 2.12. The van der Waals surface area contributed by atoms with E-state index in [0.717, 1.165) is 44.0 Å². The summed E-state index contributed by atoms with van der Waals surface area (Å²) in [4.78, 5) is 0. The van der Waals surface area contributed by atoms with E-state index >= 15 is 0 Å². The summed E-state index contributed by atoms with van der Waals surface area (Å²) in [6.07, 6.45) is 3.68. The van der Waals surface area contributed by atoms with Gasteiger partial charge in [-0.05, 0) is 31.8 Å². The van der Waals surface area contributed by atoms with Crippen LogP contribution in [0.3, 0.4) is 0 Å². The Morgan fingerprint density at radius 1 is 1.38 bits per heavy atom. The van der Waals surface area contributed by atoms with Crippen LogP contribution >= 0.6 is 0 Å². The molecule has 1 aromatic rings. The number of nitrogens with zero attached hydrogens (tertiary/aromatic N) is 3. The highest BCUT2D eigenvalue weighted by atomic mass is 16.3. The van der Waals surface area contributed by atoms with Crippen molar-refractivity contribution in [3.05, 3.63) is 11.6 Å². The van der Waals surface area contributed by atoms with E-state index in [9.17, 15) is 5.11 Å². The number of aromatic nitrogens is 3. The van der Waals surface area contributed by atoms with Crippen molar-refractivity contribution in [2.24, 2.45) is 5.92 Å². The zero-order chi connectivity index (χ0) is 11.0. The van der Waals surface area contributed by atoms with Crippen LogP contribution in [0, 0.1) is 5.92 Å². The monoisotopic (exact) mass is 222 g/mol. The summed E-state index contributed by atoms with van der Waals surface area (Å²) in [7, 11) is 0. The smallest absolute Gasteiger partial charge is 0.133 e. The largest absolute Gasteiger partial charge is 0.391 e. The summed E-state index contributed by atoms with van der Waals surface area (Å²) in [5.74, 6) is 2.79. The Labute approximate surface area is 94.9 Å². The molecule has 3 rings (SSSR count). The lowest BCUT2D eigenvalue weighted by molar-refractivity contribution is 0.128. The fourth-order valence-electron chi connectivity index (χ4n) is 2.66. The van der Waals surface area contributed by atoms with E-state index in [4.69, 9.17) is 0 Å². The molecule has 0 radical (unpaired) electrons. The van der Waals surface area contributed by atoms with Crippen LogP contribution in [-0.2, 0) is 19.4 Å². The molecule has 0 saturated carbocycles. The maximum atomic E-state index is 9.67. The predicted molar refractivity (Wildman–Crippen MR) is 59.0 cm³/mol. The highest BCUT2D eigenvalue weighted by Gasteiger charge is 2.24. The van der Waals surface area contributed by atoms with Crippen LogP contribution in [0.15, 0.2) is 0 Å². The van der Waals surface area contributed by atoms with Gasteiger partial charge in [0.15, 0.2) is 0 Å². The molecule has 1 fully saturated rings. The summed E-state index contributed by atoms with van der Waals surface area (Å²) in [6.45, 7) is 2.89. The molecule has 0 aromatic carbocycles. The summed E-state index contributed by atoms with van der Waals surface area (Å²) in [5.41, 5.74) is 0. The van der Waals surface area contributed by atoms with Crippen molar-refractivity contribution in [2.45, 2.75) is 38.3 Å². The van der Waals surface area contributed by atoms with Gasteiger partial charge in [0.25, 0.3) is 0 Å². The molecule has 2 atom stereocenters. The molecule has 3 heterocycles. The highest BCUT2D eigenvalue weighted by Crippen LogP contribution is 2.19. The standard InChI is InChI=1S/C11H18N4O/c16-9-1-2-10-13-14-11(15(10)7-9)5-8-3-4-12-6-8/h8-9,12,16H,1-7H2. The second-order valence-electron chi connectivity index (χ2n) is 4.90. The molecule has 1 aromatic heterocycles. The molecule has 0 aliphatic carbocycles. The molecule has 16 heavy (non-hydrogen) atoms. The number of rotatable bonds is 2. The van der Waals surface area contributed by atoms with Crippen LogP contribution in [0.2, 0.25) is 0 Å². The first-order valence-corrected chi connectivity index (χ1v) is 6.12. The van der Waals surface area contributed by atoms with Crippen molar-refractivity contribution in [1.29, 1.82) is 0 Å². The molecule has 0 bridgehead atoms. The molecule has 2 aliphatic rings. The third-order valence-corrected chi connectivity index (χ3v) is 3.63. The average molecular weight is 222 g/mol. The highest BCUT2D eigenvalue weighted by molar-refractivity contribution is 5.01. The van der Waals surface area contributed by atoms with Crippen LogP contribution in [-0.4, -0.2) is 39.1 Å². The topological polar surface area (TPSA) is 63.0 Å². The molecule has 2 unspecified atom stereocenters. The molecule has 5 nitrogen and oxygen atoms in total. The average Bonchev–Trinajstić information content (AvgIpc) is 2.90. The molecule has 2 N–H and O–H groups in total. The Kier molecular flexibility index (Phi) is 2.65. The van der Waals surface area contributed by atoms with Gasteiger partial charge >= 0.3 is 0 Å². The summed E-state index contributed by atoms with van der Waals surface area (Å²) in [6, 6.07) is 0. The van der Waals surface area contributed by atoms with Crippen LogP contribution in [0.1, 0.15) is 24.5 Å². The number of aliphatic hydroxyl groups is 1. The van der Waals surface area contributed by atoms with Crippen molar-refractivity contribution in [1.82, 2.24) is 20.1 Å². The Morgan fingerprint density at radius 2 is 2.31 bits per heavy atom. The minimum atomic E-state index is -0.219. The molecule has 1 saturated heterocycles. The first-order chi connectivity index (χ1) is 7.83. The normalized spacial score (nSPS) is 29.3. The van der Waals surface area contributed by atoms with E-state index in [1.54, 1.807) is 0 Å². The number of aliphatic hydroxyl groups excluding tert-OH is 1. The van der Waals surface area contributed by atoms with Crippen molar-refractivity contribution in [3.8, 4) is 0 Å². The fourth-order valence-corrected chi connectivity index (χ4v) is 2.66. The van der Waals surface area contributed by atoms with E-state index in [0.29, 0.717) is 12.5 Å². The first-order valence-electron chi connectivity index (χ1n) is 6.12. The predicted octanol–water partition coefficient (Wildman–Crippen LogP) is -0.263. The van der Waals surface area contributed by atoms with Gasteiger partial charge in [0.2, 0.25) is 0 Å². The lowest BCUT2D eigenvalue weighted by atomic mass is 10.0. The fraction of sp³-hybridized carbons (Fsp3) is 0.818. The molecule has 0 amide bonds. The van der Waals surface area contributed by atoms with E-state index < -0.39 is 0 Å². The van der Waals surface area contributed by atoms with Gasteiger partial charge in [0, 0.05) is 12.8 Å². The number of aryl methyl sites for hydroxylation is 1. The van der Waals surface area contributed by atoms with Crippen LogP contribution in [0.5, 0.6) is 0 Å². The van der Waals surface area contributed by atoms with Crippen molar-refractivity contribution in [2.75, 3.05) is 13.1 Å². The third kappa shape index (κ3) is 1.85. The van der Waals surface area contributed by atoms with Gasteiger partial charge < -0.3 is 15.0 Å². The third-order valence-electron chi connectivity index (χ3n) is 3.63. The number of nitrogens with one attached hydrogen (secondary N) is 1. The van der Waals surface area contributed by atoms with E-state index in [-0.39, 0.29) is 6.10 Å². The number of hydrogen-bond acceptors (Lipinski definition) is 4. The van der Waals surface area contributed by atoms with E-state index in [2.05, 4.69) is 20.1 Å². The minimum Gasteiger partial charge on any atom is -0.391 e. The summed E-state index contributed by atoms with van der Waals surface area (Å²) in [5, 5.41) is 21.5. The Balaban J connectivity index is 1.77. The van der Waals surface area contributed by atoms with E-state index in [1.807, 2.05) is 0 Å². The van der Waals surface area contributed by atoms with Crippen molar-refractivity contribution in [3.63, 3.8) is 0 Å². The zero-order valence-electron chi connectivity index (χ0n) is 9.39. The van der Waals surface area contributed by atoms with Crippen LogP contribution < -0.4 is 5.32 Å². The number of fused-ring (bicyclic) bond motifs is 1. The second kappa shape index (κ2) is 4.14. The SMILES string of the molecule is OC1CCc2nnc(CC3CCNC3)n2C1. The number of hydrogen-bond donors (Lipinski definition) is 2. The lowest BCUT2D eigenvalue weighted by Crippen LogP contribution is -2.26.